The molecule has 3 rings (SSSR count). The molecule has 1 aromatic heterocycles. The molecule has 3 aromatic rings. The second kappa shape index (κ2) is 10.5. The van der Waals surface area contributed by atoms with Crippen LogP contribution in [0.1, 0.15) is 24.9 Å². The van der Waals surface area contributed by atoms with Gasteiger partial charge in [-0.25, -0.2) is 0 Å². The van der Waals surface area contributed by atoms with Crippen LogP contribution in [0.3, 0.4) is 0 Å². The third kappa shape index (κ3) is 6.02. The SMILES string of the molecule is CCOC(=O)C[C@@H](NC(=O)Cn1nnc(-c2ccc(OC)cc2)n1)c1ccccc1Cl. The number of carbonyl (C=O) groups is 2. The number of carbonyl (C=O) groups excluding carboxylic acids is 2. The summed E-state index contributed by atoms with van der Waals surface area (Å²) < 4.78 is 10.2. The number of hydrogen-bond donors (Lipinski definition) is 1. The molecule has 0 aliphatic carbocycles. The zero-order valence-corrected chi connectivity index (χ0v) is 17.9. The van der Waals surface area contributed by atoms with Gasteiger partial charge in [0.1, 0.15) is 12.3 Å². The summed E-state index contributed by atoms with van der Waals surface area (Å²) in [6.45, 7) is 1.80. The van der Waals surface area contributed by atoms with Gasteiger partial charge in [0.05, 0.1) is 26.2 Å². The highest BCUT2D eigenvalue weighted by atomic mass is 35.5. The molecule has 0 saturated carbocycles. The van der Waals surface area contributed by atoms with Gasteiger partial charge in [-0.05, 0) is 48.0 Å². The van der Waals surface area contributed by atoms with Crippen molar-refractivity contribution in [3.8, 4) is 17.1 Å². The van der Waals surface area contributed by atoms with E-state index >= 15 is 0 Å². The van der Waals surface area contributed by atoms with Crippen LogP contribution in [-0.2, 0) is 20.9 Å². The number of rotatable bonds is 9. The molecule has 31 heavy (non-hydrogen) atoms. The first kappa shape index (κ1) is 22.2. The molecule has 0 aliphatic rings. The largest absolute Gasteiger partial charge is 0.497 e. The van der Waals surface area contributed by atoms with E-state index in [4.69, 9.17) is 21.1 Å². The van der Waals surface area contributed by atoms with Gasteiger partial charge in [0.25, 0.3) is 0 Å². The second-order valence-corrected chi connectivity index (χ2v) is 6.93. The van der Waals surface area contributed by atoms with Crippen molar-refractivity contribution < 1.29 is 19.1 Å². The fourth-order valence-corrected chi connectivity index (χ4v) is 3.18. The molecule has 1 heterocycles. The minimum atomic E-state index is -0.648. The Morgan fingerprint density at radius 1 is 1.16 bits per heavy atom. The monoisotopic (exact) mass is 443 g/mol. The van der Waals surface area contributed by atoms with E-state index in [0.29, 0.717) is 22.2 Å². The van der Waals surface area contributed by atoms with Crippen molar-refractivity contribution in [2.75, 3.05) is 13.7 Å². The summed E-state index contributed by atoms with van der Waals surface area (Å²) in [6.07, 6.45) is -0.0504. The van der Waals surface area contributed by atoms with E-state index in [1.807, 2.05) is 0 Å². The molecule has 2 aromatic carbocycles. The van der Waals surface area contributed by atoms with Crippen LogP contribution in [0.5, 0.6) is 5.75 Å². The second-order valence-electron chi connectivity index (χ2n) is 6.52. The Hall–Kier alpha value is -3.46. The molecule has 9 nitrogen and oxygen atoms in total. The zero-order chi connectivity index (χ0) is 22.2. The number of amides is 1. The van der Waals surface area contributed by atoms with Gasteiger partial charge in [0.2, 0.25) is 11.7 Å². The topological polar surface area (TPSA) is 108 Å². The smallest absolute Gasteiger partial charge is 0.308 e. The van der Waals surface area contributed by atoms with E-state index in [1.54, 1.807) is 62.6 Å². The third-order valence-electron chi connectivity index (χ3n) is 4.38. The fraction of sp³-hybridized carbons (Fsp3) is 0.286. The number of nitrogens with zero attached hydrogens (tertiary/aromatic N) is 4. The number of methoxy groups -OCH3 is 1. The first-order valence-corrected chi connectivity index (χ1v) is 9.99. The van der Waals surface area contributed by atoms with E-state index < -0.39 is 17.9 Å². The molecule has 0 fully saturated rings. The molecule has 0 aliphatic heterocycles. The number of nitrogens with one attached hydrogen (secondary N) is 1. The maximum atomic E-state index is 12.6. The number of esters is 1. The highest BCUT2D eigenvalue weighted by Crippen LogP contribution is 2.25. The van der Waals surface area contributed by atoms with Crippen molar-refractivity contribution in [3.63, 3.8) is 0 Å². The Morgan fingerprint density at radius 2 is 1.90 bits per heavy atom. The minimum Gasteiger partial charge on any atom is -0.497 e. The first-order valence-electron chi connectivity index (χ1n) is 9.61. The number of aromatic nitrogens is 4. The lowest BCUT2D eigenvalue weighted by Gasteiger charge is -2.19. The number of tetrazole rings is 1. The van der Waals surface area contributed by atoms with Gasteiger partial charge in [-0.2, -0.15) is 4.80 Å². The summed E-state index contributed by atoms with van der Waals surface area (Å²) in [6, 6.07) is 13.5. The predicted octanol–water partition coefficient (Wildman–Crippen LogP) is 2.81. The predicted molar refractivity (Wildman–Crippen MR) is 113 cm³/mol. The van der Waals surface area contributed by atoms with Crippen LogP contribution in [0.25, 0.3) is 11.4 Å². The van der Waals surface area contributed by atoms with Crippen molar-refractivity contribution in [1.82, 2.24) is 25.5 Å². The van der Waals surface area contributed by atoms with Gasteiger partial charge in [-0.3, -0.25) is 9.59 Å². The number of ether oxygens (including phenoxy) is 2. The normalized spacial score (nSPS) is 11.6. The average molecular weight is 444 g/mol. The molecule has 1 amide bonds. The van der Waals surface area contributed by atoms with Crippen LogP contribution in [-0.4, -0.2) is 45.8 Å². The van der Waals surface area contributed by atoms with Crippen LogP contribution in [0.4, 0.5) is 0 Å². The molecular formula is C21H22ClN5O4. The molecule has 1 N–H and O–H groups in total. The molecule has 0 bridgehead atoms. The molecular weight excluding hydrogens is 422 g/mol. The molecule has 0 saturated heterocycles. The van der Waals surface area contributed by atoms with Crippen LogP contribution >= 0.6 is 11.6 Å². The van der Waals surface area contributed by atoms with Gasteiger partial charge in [-0.15, -0.1) is 10.2 Å². The maximum Gasteiger partial charge on any atom is 0.308 e. The van der Waals surface area contributed by atoms with E-state index in [1.165, 1.54) is 4.80 Å². The van der Waals surface area contributed by atoms with E-state index in [9.17, 15) is 9.59 Å². The summed E-state index contributed by atoms with van der Waals surface area (Å²) in [5, 5.41) is 15.4. The van der Waals surface area contributed by atoms with Crippen LogP contribution in [0.2, 0.25) is 5.02 Å². The molecule has 10 heteroatoms. The lowest BCUT2D eigenvalue weighted by Crippen LogP contribution is -2.34. The van der Waals surface area contributed by atoms with Crippen molar-refractivity contribution >= 4 is 23.5 Å². The number of benzene rings is 2. The Kier molecular flexibility index (Phi) is 7.55. The molecule has 0 radical (unpaired) electrons. The van der Waals surface area contributed by atoms with Crippen LogP contribution in [0, 0.1) is 0 Å². The number of hydrogen-bond acceptors (Lipinski definition) is 7. The highest BCUT2D eigenvalue weighted by molar-refractivity contribution is 6.31. The van der Waals surface area contributed by atoms with Crippen molar-refractivity contribution in [3.05, 3.63) is 59.1 Å². The van der Waals surface area contributed by atoms with Crippen LogP contribution in [0.15, 0.2) is 48.5 Å². The lowest BCUT2D eigenvalue weighted by atomic mass is 10.0. The zero-order valence-electron chi connectivity index (χ0n) is 17.1. The molecule has 0 spiro atoms. The van der Waals surface area contributed by atoms with Crippen molar-refractivity contribution in [2.45, 2.75) is 25.9 Å². The lowest BCUT2D eigenvalue weighted by molar-refractivity contribution is -0.143. The van der Waals surface area contributed by atoms with Gasteiger partial charge >= 0.3 is 5.97 Å². The summed E-state index contributed by atoms with van der Waals surface area (Å²) in [5.41, 5.74) is 1.36. The van der Waals surface area contributed by atoms with Gasteiger partial charge in [0.15, 0.2) is 0 Å². The third-order valence-corrected chi connectivity index (χ3v) is 4.72. The maximum absolute atomic E-state index is 12.6. The highest BCUT2D eigenvalue weighted by Gasteiger charge is 2.22. The van der Waals surface area contributed by atoms with Gasteiger partial charge < -0.3 is 14.8 Å². The summed E-state index contributed by atoms with van der Waals surface area (Å²) in [4.78, 5) is 25.8. The number of halogens is 1. The Morgan fingerprint density at radius 3 is 2.58 bits per heavy atom. The van der Waals surface area contributed by atoms with Crippen molar-refractivity contribution in [1.29, 1.82) is 0 Å². The van der Waals surface area contributed by atoms with Crippen LogP contribution < -0.4 is 10.1 Å². The van der Waals surface area contributed by atoms with E-state index in [-0.39, 0.29) is 19.6 Å². The Bertz CT molecular complexity index is 1040. The van der Waals surface area contributed by atoms with E-state index in [2.05, 4.69) is 20.7 Å². The Labute approximate surface area is 184 Å². The molecule has 0 unspecified atom stereocenters. The van der Waals surface area contributed by atoms with E-state index in [0.717, 1.165) is 5.56 Å². The fourth-order valence-electron chi connectivity index (χ4n) is 2.92. The first-order chi connectivity index (χ1) is 15.0. The summed E-state index contributed by atoms with van der Waals surface area (Å²) >= 11 is 6.26. The standard InChI is InChI=1S/C21H22ClN5O4/c1-3-31-20(29)12-18(16-6-4-5-7-17(16)22)23-19(28)13-27-25-21(24-26-27)14-8-10-15(30-2)11-9-14/h4-11,18H,3,12-13H2,1-2H3,(H,23,28)/t18-/m1/s1. The summed E-state index contributed by atoms with van der Waals surface area (Å²) in [5.74, 6) is 0.258. The summed E-state index contributed by atoms with van der Waals surface area (Å²) in [7, 11) is 1.58. The quantitative estimate of drug-likeness (QED) is 0.506. The molecule has 1 atom stereocenters. The Balaban J connectivity index is 1.69. The van der Waals surface area contributed by atoms with Crippen molar-refractivity contribution in [2.24, 2.45) is 0 Å². The molecule has 162 valence electrons. The van der Waals surface area contributed by atoms with Gasteiger partial charge in [-0.1, -0.05) is 29.8 Å². The van der Waals surface area contributed by atoms with Gasteiger partial charge in [0, 0.05) is 10.6 Å². The average Bonchev–Trinajstić information content (AvgIpc) is 3.22. The minimum absolute atomic E-state index is 0.0504.